The van der Waals surface area contributed by atoms with Gasteiger partial charge in [-0.1, -0.05) is 12.7 Å². The quantitative estimate of drug-likeness (QED) is 0.597. The van der Waals surface area contributed by atoms with Crippen molar-refractivity contribution in [2.45, 2.75) is 19.8 Å². The highest BCUT2D eigenvalue weighted by Gasteiger charge is 2.05. The normalized spacial score (nSPS) is 18.6. The Hall–Kier alpha value is -1.05. The van der Waals surface area contributed by atoms with Gasteiger partial charge in [-0.15, -0.1) is 0 Å². The molecule has 1 aliphatic heterocycles. The standard InChI is InChI=1S/C9H14N2/c1-3-6-10-9-8(2)5-4-7-11-9/h3,6,11H,1,4-5,7H2,2H3/b10-6-. The second-order valence-electron chi connectivity index (χ2n) is 2.67. The Balaban J connectivity index is 2.66. The lowest BCUT2D eigenvalue weighted by Crippen LogP contribution is -2.19. The number of hydrogen-bond donors (Lipinski definition) is 1. The molecular weight excluding hydrogens is 136 g/mol. The third-order valence-corrected chi connectivity index (χ3v) is 1.73. The first-order valence-corrected chi connectivity index (χ1v) is 3.93. The first-order valence-electron chi connectivity index (χ1n) is 3.93. The summed E-state index contributed by atoms with van der Waals surface area (Å²) < 4.78 is 0. The number of nitrogens with one attached hydrogen (secondary N) is 1. The SMILES string of the molecule is C=C/C=N\C1=C(C)CCCN1. The van der Waals surface area contributed by atoms with E-state index in [1.807, 2.05) is 0 Å². The van der Waals surface area contributed by atoms with Gasteiger partial charge in [0.1, 0.15) is 5.82 Å². The van der Waals surface area contributed by atoms with Crippen LogP contribution in [0.2, 0.25) is 0 Å². The molecule has 0 fully saturated rings. The van der Waals surface area contributed by atoms with Crippen LogP contribution in [-0.4, -0.2) is 12.8 Å². The first-order chi connectivity index (χ1) is 5.34. The molecule has 1 N–H and O–H groups in total. The van der Waals surface area contributed by atoms with Gasteiger partial charge in [0.2, 0.25) is 0 Å². The third kappa shape index (κ3) is 2.22. The summed E-state index contributed by atoms with van der Waals surface area (Å²) in [6.07, 6.45) is 5.80. The number of hydrogen-bond acceptors (Lipinski definition) is 2. The highest BCUT2D eigenvalue weighted by atomic mass is 15.0. The van der Waals surface area contributed by atoms with Gasteiger partial charge < -0.3 is 5.32 Å². The average Bonchev–Trinajstić information content (AvgIpc) is 2.03. The Morgan fingerprint density at radius 1 is 1.64 bits per heavy atom. The third-order valence-electron chi connectivity index (χ3n) is 1.73. The van der Waals surface area contributed by atoms with Crippen molar-refractivity contribution in [2.24, 2.45) is 4.99 Å². The Bertz CT molecular complexity index is 202. The molecule has 0 aromatic heterocycles. The second-order valence-corrected chi connectivity index (χ2v) is 2.67. The van der Waals surface area contributed by atoms with E-state index in [9.17, 15) is 0 Å². The van der Waals surface area contributed by atoms with E-state index in [4.69, 9.17) is 0 Å². The average molecular weight is 150 g/mol. The van der Waals surface area contributed by atoms with Crippen molar-refractivity contribution in [1.82, 2.24) is 5.32 Å². The Labute approximate surface area is 67.7 Å². The maximum Gasteiger partial charge on any atom is 0.124 e. The van der Waals surface area contributed by atoms with Crippen LogP contribution in [-0.2, 0) is 0 Å². The molecule has 0 aromatic rings. The molecule has 60 valence electrons. The fourth-order valence-corrected chi connectivity index (χ4v) is 1.11. The summed E-state index contributed by atoms with van der Waals surface area (Å²) in [4.78, 5) is 4.21. The van der Waals surface area contributed by atoms with Gasteiger partial charge in [0.05, 0.1) is 0 Å². The van der Waals surface area contributed by atoms with E-state index in [0.717, 1.165) is 18.8 Å². The summed E-state index contributed by atoms with van der Waals surface area (Å²) in [6.45, 7) is 6.73. The molecule has 1 rings (SSSR count). The van der Waals surface area contributed by atoms with Crippen LogP contribution >= 0.6 is 0 Å². The zero-order valence-electron chi connectivity index (χ0n) is 6.93. The Morgan fingerprint density at radius 2 is 2.45 bits per heavy atom. The van der Waals surface area contributed by atoms with Crippen LogP contribution < -0.4 is 5.32 Å². The number of rotatable bonds is 2. The molecule has 1 heterocycles. The van der Waals surface area contributed by atoms with E-state index in [1.54, 1.807) is 12.3 Å². The van der Waals surface area contributed by atoms with Crippen molar-refractivity contribution in [2.75, 3.05) is 6.54 Å². The number of allylic oxidation sites excluding steroid dienone is 2. The first kappa shape index (κ1) is 8.05. The van der Waals surface area contributed by atoms with Crippen LogP contribution in [0.15, 0.2) is 29.0 Å². The molecule has 11 heavy (non-hydrogen) atoms. The van der Waals surface area contributed by atoms with Crippen molar-refractivity contribution in [3.63, 3.8) is 0 Å². The van der Waals surface area contributed by atoms with Crippen LogP contribution in [0.25, 0.3) is 0 Å². The topological polar surface area (TPSA) is 24.4 Å². The molecule has 0 aliphatic carbocycles. The molecular formula is C9H14N2. The van der Waals surface area contributed by atoms with E-state index in [1.165, 1.54) is 12.0 Å². The maximum atomic E-state index is 4.21. The zero-order valence-corrected chi connectivity index (χ0v) is 6.93. The maximum absolute atomic E-state index is 4.21. The van der Waals surface area contributed by atoms with Crippen molar-refractivity contribution in [3.8, 4) is 0 Å². The predicted octanol–water partition coefficient (Wildman–Crippen LogP) is 1.86. The van der Waals surface area contributed by atoms with Gasteiger partial charge in [0.15, 0.2) is 0 Å². The Kier molecular flexibility index (Phi) is 2.90. The van der Waals surface area contributed by atoms with E-state index in [2.05, 4.69) is 23.8 Å². The van der Waals surface area contributed by atoms with Crippen LogP contribution in [0.3, 0.4) is 0 Å². The smallest absolute Gasteiger partial charge is 0.124 e. The van der Waals surface area contributed by atoms with Crippen LogP contribution in [0.1, 0.15) is 19.8 Å². The summed E-state index contributed by atoms with van der Waals surface area (Å²) in [5.74, 6) is 1.02. The molecule has 0 saturated heterocycles. The highest BCUT2D eigenvalue weighted by molar-refractivity contribution is 5.71. The van der Waals surface area contributed by atoms with Gasteiger partial charge in [0, 0.05) is 12.8 Å². The summed E-state index contributed by atoms with van der Waals surface area (Å²) in [7, 11) is 0. The van der Waals surface area contributed by atoms with Crippen LogP contribution in [0, 0.1) is 0 Å². The lowest BCUT2D eigenvalue weighted by atomic mass is 10.1. The summed E-state index contributed by atoms with van der Waals surface area (Å²) in [6, 6.07) is 0. The zero-order chi connectivity index (χ0) is 8.10. The summed E-state index contributed by atoms with van der Waals surface area (Å²) >= 11 is 0. The van der Waals surface area contributed by atoms with E-state index in [-0.39, 0.29) is 0 Å². The lowest BCUT2D eigenvalue weighted by molar-refractivity contribution is 0.656. The van der Waals surface area contributed by atoms with Crippen molar-refractivity contribution in [1.29, 1.82) is 0 Å². The molecule has 0 radical (unpaired) electrons. The van der Waals surface area contributed by atoms with E-state index in [0.29, 0.717) is 0 Å². The molecule has 2 heteroatoms. The minimum absolute atomic E-state index is 1.02. The minimum Gasteiger partial charge on any atom is -0.370 e. The summed E-state index contributed by atoms with van der Waals surface area (Å²) in [5.41, 5.74) is 1.34. The minimum atomic E-state index is 1.02. The van der Waals surface area contributed by atoms with Crippen molar-refractivity contribution >= 4 is 6.21 Å². The molecule has 0 bridgehead atoms. The molecule has 0 unspecified atom stereocenters. The van der Waals surface area contributed by atoms with Gasteiger partial charge in [-0.3, -0.25) is 0 Å². The van der Waals surface area contributed by atoms with Crippen molar-refractivity contribution < 1.29 is 0 Å². The molecule has 0 amide bonds. The molecule has 0 aromatic carbocycles. The number of nitrogens with zero attached hydrogens (tertiary/aromatic N) is 1. The van der Waals surface area contributed by atoms with Crippen LogP contribution in [0.4, 0.5) is 0 Å². The second kappa shape index (κ2) is 3.96. The van der Waals surface area contributed by atoms with Crippen molar-refractivity contribution in [3.05, 3.63) is 24.0 Å². The van der Waals surface area contributed by atoms with Crippen LogP contribution in [0.5, 0.6) is 0 Å². The molecule has 0 atom stereocenters. The highest BCUT2D eigenvalue weighted by Crippen LogP contribution is 2.13. The summed E-state index contributed by atoms with van der Waals surface area (Å²) in [5, 5.41) is 3.24. The fourth-order valence-electron chi connectivity index (χ4n) is 1.11. The van der Waals surface area contributed by atoms with Gasteiger partial charge in [-0.2, -0.15) is 0 Å². The van der Waals surface area contributed by atoms with Gasteiger partial charge in [-0.25, -0.2) is 4.99 Å². The lowest BCUT2D eigenvalue weighted by Gasteiger charge is -2.15. The molecule has 2 nitrogen and oxygen atoms in total. The van der Waals surface area contributed by atoms with E-state index >= 15 is 0 Å². The van der Waals surface area contributed by atoms with E-state index < -0.39 is 0 Å². The van der Waals surface area contributed by atoms with Gasteiger partial charge in [-0.05, 0) is 25.3 Å². The molecule has 0 saturated carbocycles. The Morgan fingerprint density at radius 3 is 3.09 bits per heavy atom. The molecule has 0 spiro atoms. The fraction of sp³-hybridized carbons (Fsp3) is 0.444. The van der Waals surface area contributed by atoms with Gasteiger partial charge >= 0.3 is 0 Å². The predicted molar refractivity (Wildman–Crippen MR) is 48.6 cm³/mol. The molecule has 1 aliphatic rings. The number of aliphatic imine (C=N–C) groups is 1. The monoisotopic (exact) mass is 150 g/mol. The largest absolute Gasteiger partial charge is 0.370 e. The van der Waals surface area contributed by atoms with Gasteiger partial charge in [0.25, 0.3) is 0 Å².